The highest BCUT2D eigenvalue weighted by Crippen LogP contribution is 2.65. The minimum Gasteiger partial charge on any atom is -0.457 e. The van der Waals surface area contributed by atoms with Crippen LogP contribution in [0.5, 0.6) is 11.5 Å². The van der Waals surface area contributed by atoms with E-state index in [-0.39, 0.29) is 0 Å². The molecule has 0 saturated carbocycles. The summed E-state index contributed by atoms with van der Waals surface area (Å²) in [4.78, 5) is 0. The molecule has 0 amide bonds. The van der Waals surface area contributed by atoms with Crippen LogP contribution in [0, 0.1) is 0 Å². The van der Waals surface area contributed by atoms with E-state index in [1.54, 1.807) is 0 Å². The monoisotopic (exact) mass is 698 g/mol. The standard InChI is InChI=1S/C54H34O/c1-2-18-36(19-3-1)53(45-27-11-9-24-41(45)43-34-33-35-17-4-5-20-37(35)51(43)53)44-26-10-8-23-40(44)42-25-16-32-50-52(42)54(48-30-14-15-31-49(48)55-50)46-28-12-6-21-38(46)39-22-7-13-29-47(39)54/h1-34H. The van der Waals surface area contributed by atoms with Crippen molar-refractivity contribution in [3.05, 3.63) is 251 Å². The summed E-state index contributed by atoms with van der Waals surface area (Å²) in [5.74, 6) is 1.79. The SMILES string of the molecule is c1ccc(C2(c3ccccc3-c3cccc4c3C3(c5ccccc5O4)c4ccccc4-c4ccccc43)c3ccccc3-c3ccc4ccccc4c32)cc1. The molecule has 55 heavy (non-hydrogen) atoms. The van der Waals surface area contributed by atoms with Gasteiger partial charge in [-0.2, -0.15) is 0 Å². The minimum absolute atomic E-state index is 0.598. The zero-order chi connectivity index (χ0) is 36.1. The van der Waals surface area contributed by atoms with E-state index in [1.165, 1.54) is 88.7 Å². The summed E-state index contributed by atoms with van der Waals surface area (Å²) in [7, 11) is 0. The summed E-state index contributed by atoms with van der Waals surface area (Å²) in [6.07, 6.45) is 0. The normalized spacial score (nSPS) is 16.4. The van der Waals surface area contributed by atoms with Crippen LogP contribution in [0.1, 0.15) is 44.5 Å². The third-order valence-corrected chi connectivity index (χ3v) is 12.6. The molecule has 0 saturated heterocycles. The van der Waals surface area contributed by atoms with E-state index in [2.05, 4.69) is 206 Å². The minimum atomic E-state index is -0.612. The first kappa shape index (κ1) is 30.5. The van der Waals surface area contributed by atoms with E-state index in [4.69, 9.17) is 4.74 Å². The molecule has 0 fully saturated rings. The quantitative estimate of drug-likeness (QED) is 0.178. The van der Waals surface area contributed by atoms with Gasteiger partial charge in [-0.1, -0.05) is 194 Å². The van der Waals surface area contributed by atoms with Crippen molar-refractivity contribution < 1.29 is 4.74 Å². The highest BCUT2D eigenvalue weighted by atomic mass is 16.5. The lowest BCUT2D eigenvalue weighted by Gasteiger charge is -2.42. The van der Waals surface area contributed by atoms with Gasteiger partial charge in [0.15, 0.2) is 0 Å². The van der Waals surface area contributed by atoms with E-state index in [0.29, 0.717) is 0 Å². The Morgan fingerprint density at radius 1 is 0.273 bits per heavy atom. The Labute approximate surface area is 320 Å². The van der Waals surface area contributed by atoms with Gasteiger partial charge in [0.25, 0.3) is 0 Å². The topological polar surface area (TPSA) is 9.23 Å². The van der Waals surface area contributed by atoms with Crippen LogP contribution in [-0.4, -0.2) is 0 Å². The molecule has 1 atom stereocenters. The summed E-state index contributed by atoms with van der Waals surface area (Å²) in [5, 5.41) is 2.52. The third-order valence-electron chi connectivity index (χ3n) is 12.6. The van der Waals surface area contributed by atoms with Crippen LogP contribution in [0.25, 0.3) is 44.2 Å². The number of hydrogen-bond donors (Lipinski definition) is 0. The molecule has 0 radical (unpaired) electrons. The Hall–Kier alpha value is -6.96. The lowest BCUT2D eigenvalue weighted by molar-refractivity contribution is 0.437. The van der Waals surface area contributed by atoms with Gasteiger partial charge in [0, 0.05) is 11.1 Å². The number of ether oxygens (including phenoxy) is 1. The fourth-order valence-corrected chi connectivity index (χ4v) is 10.7. The Morgan fingerprint density at radius 3 is 1.38 bits per heavy atom. The molecule has 1 unspecified atom stereocenters. The molecule has 1 aliphatic heterocycles. The van der Waals surface area contributed by atoms with Crippen molar-refractivity contribution in [2.24, 2.45) is 0 Å². The first-order valence-electron chi connectivity index (χ1n) is 19.2. The predicted octanol–water partition coefficient (Wildman–Crippen LogP) is 13.3. The van der Waals surface area contributed by atoms with Gasteiger partial charge in [-0.3, -0.25) is 0 Å². The van der Waals surface area contributed by atoms with Crippen LogP contribution in [0.4, 0.5) is 0 Å². The number of para-hydroxylation sites is 1. The summed E-state index contributed by atoms with van der Waals surface area (Å²) < 4.78 is 7.00. The van der Waals surface area contributed by atoms with Crippen LogP contribution in [0.3, 0.4) is 0 Å². The molecule has 1 heterocycles. The van der Waals surface area contributed by atoms with Crippen molar-refractivity contribution in [2.45, 2.75) is 10.8 Å². The molecule has 0 N–H and O–H groups in total. The van der Waals surface area contributed by atoms with Gasteiger partial charge in [-0.15, -0.1) is 0 Å². The Balaban J connectivity index is 1.25. The Kier molecular flexibility index (Phi) is 6.25. The summed E-state index contributed by atoms with van der Waals surface area (Å²) in [6.45, 7) is 0. The first-order chi connectivity index (χ1) is 27.3. The molecular formula is C54H34O. The van der Waals surface area contributed by atoms with Crippen molar-refractivity contribution in [3.8, 4) is 44.9 Å². The second-order valence-corrected chi connectivity index (χ2v) is 15.0. The smallest absolute Gasteiger partial charge is 0.132 e. The molecule has 1 nitrogen and oxygen atoms in total. The number of fused-ring (bicyclic) bond motifs is 14. The van der Waals surface area contributed by atoms with Crippen LogP contribution < -0.4 is 4.74 Å². The second-order valence-electron chi connectivity index (χ2n) is 15.0. The fraction of sp³-hybridized carbons (Fsp3) is 0.0370. The van der Waals surface area contributed by atoms with Gasteiger partial charge in [-0.05, 0) is 89.7 Å². The molecule has 3 aliphatic rings. The number of benzene rings is 9. The van der Waals surface area contributed by atoms with Gasteiger partial charge in [0.2, 0.25) is 0 Å². The zero-order valence-corrected chi connectivity index (χ0v) is 30.0. The molecule has 9 aromatic carbocycles. The van der Waals surface area contributed by atoms with Gasteiger partial charge in [-0.25, -0.2) is 0 Å². The highest BCUT2D eigenvalue weighted by Gasteiger charge is 2.53. The van der Waals surface area contributed by atoms with Crippen molar-refractivity contribution in [2.75, 3.05) is 0 Å². The molecule has 12 rings (SSSR count). The summed E-state index contributed by atoms with van der Waals surface area (Å²) >= 11 is 0. The molecule has 1 heteroatoms. The van der Waals surface area contributed by atoms with E-state index in [9.17, 15) is 0 Å². The van der Waals surface area contributed by atoms with E-state index < -0.39 is 10.8 Å². The molecule has 256 valence electrons. The lowest BCUT2D eigenvalue weighted by atomic mass is 9.62. The average molecular weight is 699 g/mol. The average Bonchev–Trinajstić information content (AvgIpc) is 3.73. The first-order valence-corrected chi connectivity index (χ1v) is 19.2. The van der Waals surface area contributed by atoms with E-state index >= 15 is 0 Å². The summed E-state index contributed by atoms with van der Waals surface area (Å²) in [5.41, 5.74) is 16.4. The summed E-state index contributed by atoms with van der Waals surface area (Å²) in [6, 6.07) is 76.3. The van der Waals surface area contributed by atoms with Gasteiger partial charge in [0.1, 0.15) is 11.5 Å². The van der Waals surface area contributed by atoms with E-state index in [1.807, 2.05) is 0 Å². The van der Waals surface area contributed by atoms with Crippen LogP contribution in [0.2, 0.25) is 0 Å². The van der Waals surface area contributed by atoms with Crippen LogP contribution in [-0.2, 0) is 10.8 Å². The second kappa shape index (κ2) is 11.3. The largest absolute Gasteiger partial charge is 0.457 e. The maximum absolute atomic E-state index is 7.00. The molecular weight excluding hydrogens is 665 g/mol. The van der Waals surface area contributed by atoms with E-state index in [0.717, 1.165) is 11.5 Å². The number of rotatable bonds is 3. The molecule has 1 spiro atoms. The molecule has 9 aromatic rings. The Morgan fingerprint density at radius 2 is 0.727 bits per heavy atom. The lowest BCUT2D eigenvalue weighted by Crippen LogP contribution is -2.33. The van der Waals surface area contributed by atoms with Crippen molar-refractivity contribution in [1.82, 2.24) is 0 Å². The van der Waals surface area contributed by atoms with Gasteiger partial charge >= 0.3 is 0 Å². The van der Waals surface area contributed by atoms with Crippen LogP contribution >= 0.6 is 0 Å². The molecule has 0 aromatic heterocycles. The molecule has 0 bridgehead atoms. The highest BCUT2D eigenvalue weighted by molar-refractivity contribution is 6.01. The van der Waals surface area contributed by atoms with Gasteiger partial charge < -0.3 is 4.74 Å². The molecule has 2 aliphatic carbocycles. The maximum atomic E-state index is 7.00. The fourth-order valence-electron chi connectivity index (χ4n) is 10.7. The van der Waals surface area contributed by atoms with Crippen molar-refractivity contribution in [3.63, 3.8) is 0 Å². The predicted molar refractivity (Wildman–Crippen MR) is 224 cm³/mol. The van der Waals surface area contributed by atoms with Crippen LogP contribution in [0.15, 0.2) is 206 Å². The van der Waals surface area contributed by atoms with Crippen molar-refractivity contribution >= 4 is 10.8 Å². The zero-order valence-electron chi connectivity index (χ0n) is 30.0. The van der Waals surface area contributed by atoms with Crippen molar-refractivity contribution in [1.29, 1.82) is 0 Å². The maximum Gasteiger partial charge on any atom is 0.132 e. The number of hydrogen-bond acceptors (Lipinski definition) is 1. The third kappa shape index (κ3) is 3.82. The van der Waals surface area contributed by atoms with Gasteiger partial charge in [0.05, 0.1) is 10.8 Å². The Bertz CT molecular complexity index is 2980.